The maximum Gasteiger partial charge on any atom is 0.169 e. The van der Waals surface area contributed by atoms with Crippen LogP contribution in [-0.2, 0) is 0 Å². The van der Waals surface area contributed by atoms with E-state index in [9.17, 15) is 4.39 Å². The van der Waals surface area contributed by atoms with Gasteiger partial charge in [-0.1, -0.05) is 6.07 Å². The molecule has 1 atom stereocenters. The molecule has 1 heterocycles. The second kappa shape index (κ2) is 5.02. The molecule has 1 aromatic carbocycles. The number of halogens is 2. The van der Waals surface area contributed by atoms with Gasteiger partial charge < -0.3 is 9.73 Å². The van der Waals surface area contributed by atoms with Crippen molar-refractivity contribution in [1.29, 1.82) is 0 Å². The summed E-state index contributed by atoms with van der Waals surface area (Å²) in [4.78, 5) is 0. The Bertz CT molecular complexity index is 524. The molecule has 2 rings (SSSR count). The Kier molecular flexibility index (Phi) is 3.64. The van der Waals surface area contributed by atoms with Gasteiger partial charge >= 0.3 is 0 Å². The Morgan fingerprint density at radius 1 is 1.29 bits per heavy atom. The monoisotopic (exact) mass is 297 g/mol. The summed E-state index contributed by atoms with van der Waals surface area (Å²) in [6.45, 7) is 1.89. The van der Waals surface area contributed by atoms with Gasteiger partial charge in [0.25, 0.3) is 0 Å². The zero-order valence-electron chi connectivity index (χ0n) is 9.63. The van der Waals surface area contributed by atoms with E-state index in [1.807, 2.05) is 26.1 Å². The highest BCUT2D eigenvalue weighted by molar-refractivity contribution is 9.10. The maximum absolute atomic E-state index is 13.1. The first kappa shape index (κ1) is 12.3. The van der Waals surface area contributed by atoms with Gasteiger partial charge in [-0.3, -0.25) is 0 Å². The van der Waals surface area contributed by atoms with Crippen molar-refractivity contribution in [1.82, 2.24) is 5.32 Å². The van der Waals surface area contributed by atoms with Crippen LogP contribution >= 0.6 is 15.9 Å². The molecule has 2 nitrogen and oxygen atoms in total. The molecule has 0 aliphatic rings. The van der Waals surface area contributed by atoms with Gasteiger partial charge in [-0.15, -0.1) is 0 Å². The van der Waals surface area contributed by atoms with E-state index in [1.54, 1.807) is 6.07 Å². The van der Waals surface area contributed by atoms with Crippen molar-refractivity contribution in [3.05, 3.63) is 57.7 Å². The quantitative estimate of drug-likeness (QED) is 0.932. The lowest BCUT2D eigenvalue weighted by molar-refractivity contribution is 0.446. The van der Waals surface area contributed by atoms with Crippen LogP contribution < -0.4 is 5.32 Å². The van der Waals surface area contributed by atoms with E-state index in [2.05, 4.69) is 21.2 Å². The summed E-state index contributed by atoms with van der Waals surface area (Å²) in [5.41, 5.74) is 1.91. The number of hydrogen-bond acceptors (Lipinski definition) is 2. The van der Waals surface area contributed by atoms with Crippen molar-refractivity contribution in [2.45, 2.75) is 13.0 Å². The fraction of sp³-hybridized carbons (Fsp3) is 0.231. The molecule has 1 unspecified atom stereocenters. The molecule has 17 heavy (non-hydrogen) atoms. The van der Waals surface area contributed by atoms with E-state index in [1.165, 1.54) is 12.1 Å². The number of aryl methyl sites for hydroxylation is 1. The van der Waals surface area contributed by atoms with Crippen LogP contribution in [0.2, 0.25) is 0 Å². The van der Waals surface area contributed by atoms with Crippen LogP contribution in [0.5, 0.6) is 0 Å². The van der Waals surface area contributed by atoms with Gasteiger partial charge in [0, 0.05) is 0 Å². The molecule has 0 fully saturated rings. The zero-order chi connectivity index (χ0) is 12.4. The molecule has 0 bridgehead atoms. The Hall–Kier alpha value is -1.13. The lowest BCUT2D eigenvalue weighted by Crippen LogP contribution is -2.18. The Balaban J connectivity index is 2.42. The third-order valence-corrected chi connectivity index (χ3v) is 3.14. The first-order valence-corrected chi connectivity index (χ1v) is 6.09. The fourth-order valence-corrected chi connectivity index (χ4v) is 2.22. The SMILES string of the molecule is CNC(c1ccc(Br)o1)c1ccc(F)cc1C. The predicted octanol–water partition coefficient (Wildman–Crippen LogP) is 3.80. The largest absolute Gasteiger partial charge is 0.452 e. The minimum absolute atomic E-state index is 0.0677. The fourth-order valence-electron chi connectivity index (χ4n) is 1.90. The normalized spacial score (nSPS) is 12.7. The van der Waals surface area contributed by atoms with Gasteiger partial charge in [-0.05, 0) is 65.3 Å². The summed E-state index contributed by atoms with van der Waals surface area (Å²) in [6.07, 6.45) is 0. The summed E-state index contributed by atoms with van der Waals surface area (Å²) in [7, 11) is 1.85. The molecule has 1 N–H and O–H groups in total. The summed E-state index contributed by atoms with van der Waals surface area (Å²) in [5, 5.41) is 3.17. The van der Waals surface area contributed by atoms with Gasteiger partial charge in [0.2, 0.25) is 0 Å². The minimum Gasteiger partial charge on any atom is -0.452 e. The Morgan fingerprint density at radius 3 is 2.59 bits per heavy atom. The van der Waals surface area contributed by atoms with Crippen molar-refractivity contribution in [2.24, 2.45) is 0 Å². The molecule has 0 amide bonds. The molecule has 0 aliphatic heterocycles. The van der Waals surface area contributed by atoms with Crippen molar-refractivity contribution in [3.8, 4) is 0 Å². The summed E-state index contributed by atoms with van der Waals surface area (Å²) >= 11 is 3.28. The van der Waals surface area contributed by atoms with E-state index in [0.29, 0.717) is 4.67 Å². The van der Waals surface area contributed by atoms with Crippen LogP contribution in [0.15, 0.2) is 39.4 Å². The van der Waals surface area contributed by atoms with Crippen molar-refractivity contribution in [3.63, 3.8) is 0 Å². The molecular weight excluding hydrogens is 285 g/mol. The molecule has 0 radical (unpaired) electrons. The molecule has 0 saturated heterocycles. The number of furan rings is 1. The predicted molar refractivity (Wildman–Crippen MR) is 68.4 cm³/mol. The summed E-state index contributed by atoms with van der Waals surface area (Å²) in [5.74, 6) is 0.579. The number of nitrogens with one attached hydrogen (secondary N) is 1. The second-order valence-corrected chi connectivity index (χ2v) is 4.65. The zero-order valence-corrected chi connectivity index (χ0v) is 11.2. The minimum atomic E-state index is -0.221. The van der Waals surface area contributed by atoms with Crippen LogP contribution in [0.4, 0.5) is 4.39 Å². The smallest absolute Gasteiger partial charge is 0.169 e. The van der Waals surface area contributed by atoms with Crippen LogP contribution in [0.3, 0.4) is 0 Å². The standard InChI is InChI=1S/C13H13BrFNO/c1-8-7-9(15)3-4-10(8)13(16-2)11-5-6-12(14)17-11/h3-7,13,16H,1-2H3. The molecular formula is C13H13BrFNO. The average molecular weight is 298 g/mol. The van der Waals surface area contributed by atoms with Crippen LogP contribution in [0.1, 0.15) is 22.9 Å². The second-order valence-electron chi connectivity index (χ2n) is 3.86. The summed E-state index contributed by atoms with van der Waals surface area (Å²) in [6, 6.07) is 8.44. The first-order valence-electron chi connectivity index (χ1n) is 5.30. The van der Waals surface area contributed by atoms with Crippen molar-refractivity contribution < 1.29 is 8.81 Å². The van der Waals surface area contributed by atoms with E-state index in [4.69, 9.17) is 4.42 Å². The third-order valence-electron chi connectivity index (χ3n) is 2.71. The van der Waals surface area contributed by atoms with E-state index in [0.717, 1.165) is 16.9 Å². The van der Waals surface area contributed by atoms with Gasteiger partial charge in [-0.25, -0.2) is 4.39 Å². The van der Waals surface area contributed by atoms with Crippen molar-refractivity contribution in [2.75, 3.05) is 7.05 Å². The highest BCUT2D eigenvalue weighted by Gasteiger charge is 2.17. The molecule has 4 heteroatoms. The Morgan fingerprint density at radius 2 is 2.06 bits per heavy atom. The number of benzene rings is 1. The number of hydrogen-bond donors (Lipinski definition) is 1. The van der Waals surface area contributed by atoms with Gasteiger partial charge in [0.1, 0.15) is 11.6 Å². The van der Waals surface area contributed by atoms with Crippen molar-refractivity contribution >= 4 is 15.9 Å². The third kappa shape index (κ3) is 2.58. The topological polar surface area (TPSA) is 25.2 Å². The highest BCUT2D eigenvalue weighted by Crippen LogP contribution is 2.28. The van der Waals surface area contributed by atoms with Crippen LogP contribution in [-0.4, -0.2) is 7.05 Å². The van der Waals surface area contributed by atoms with Gasteiger partial charge in [0.15, 0.2) is 4.67 Å². The van der Waals surface area contributed by atoms with Crippen LogP contribution in [0.25, 0.3) is 0 Å². The summed E-state index contributed by atoms with van der Waals surface area (Å²) < 4.78 is 19.3. The van der Waals surface area contributed by atoms with Crippen LogP contribution in [0, 0.1) is 12.7 Å². The molecule has 0 saturated carbocycles. The highest BCUT2D eigenvalue weighted by atomic mass is 79.9. The molecule has 0 aliphatic carbocycles. The lowest BCUT2D eigenvalue weighted by atomic mass is 9.99. The first-order chi connectivity index (χ1) is 8.11. The maximum atomic E-state index is 13.1. The average Bonchev–Trinajstić information content (AvgIpc) is 2.69. The molecule has 1 aromatic heterocycles. The molecule has 2 aromatic rings. The van der Waals surface area contributed by atoms with E-state index < -0.39 is 0 Å². The Labute approximate surface area is 108 Å². The van der Waals surface area contributed by atoms with Gasteiger partial charge in [-0.2, -0.15) is 0 Å². The molecule has 0 spiro atoms. The number of rotatable bonds is 3. The van der Waals surface area contributed by atoms with E-state index >= 15 is 0 Å². The van der Waals surface area contributed by atoms with E-state index in [-0.39, 0.29) is 11.9 Å². The lowest BCUT2D eigenvalue weighted by Gasteiger charge is -2.16. The molecule has 90 valence electrons. The van der Waals surface area contributed by atoms with Gasteiger partial charge in [0.05, 0.1) is 6.04 Å².